The zero-order valence-electron chi connectivity index (χ0n) is 18.3. The number of benzene rings is 3. The van der Waals surface area contributed by atoms with Crippen LogP contribution in [0.5, 0.6) is 0 Å². The van der Waals surface area contributed by atoms with Gasteiger partial charge >= 0.3 is 0 Å². The van der Waals surface area contributed by atoms with Crippen molar-refractivity contribution in [2.45, 2.75) is 12.5 Å². The quantitative estimate of drug-likeness (QED) is 0.540. The number of hydrogen-bond donors (Lipinski definition) is 2. The highest BCUT2D eigenvalue weighted by atomic mass is 19.1. The molecule has 0 saturated carbocycles. The van der Waals surface area contributed by atoms with Gasteiger partial charge in [0.05, 0.1) is 17.8 Å². The standard InChI is InChI=1S/C27H25F2N3O/c1-30-17-22(14-18-6-3-2-4-7-18)32-27(33)23-8-5-9-24(29)26(23)25-15-20(16-31-25)19-10-12-21(28)13-11-19/h2-13,15,22,30H,14,16-17H2,1H3,(H,32,33)/t22-/m1/s1. The summed E-state index contributed by atoms with van der Waals surface area (Å²) < 4.78 is 28.2. The first-order valence-electron chi connectivity index (χ1n) is 10.8. The van der Waals surface area contributed by atoms with Gasteiger partial charge < -0.3 is 10.6 Å². The van der Waals surface area contributed by atoms with Crippen LogP contribution in [-0.2, 0) is 6.42 Å². The molecule has 168 valence electrons. The number of halogens is 2. The van der Waals surface area contributed by atoms with Crippen molar-refractivity contribution >= 4 is 17.2 Å². The maximum Gasteiger partial charge on any atom is 0.252 e. The Kier molecular flexibility index (Phi) is 7.05. The third-order valence-electron chi connectivity index (χ3n) is 5.57. The molecule has 2 N–H and O–H groups in total. The number of allylic oxidation sites excluding steroid dienone is 1. The van der Waals surface area contributed by atoms with E-state index in [4.69, 9.17) is 0 Å². The summed E-state index contributed by atoms with van der Waals surface area (Å²) in [4.78, 5) is 17.7. The fraction of sp³-hybridized carbons (Fsp3) is 0.185. The van der Waals surface area contributed by atoms with Crippen LogP contribution >= 0.6 is 0 Å². The van der Waals surface area contributed by atoms with Gasteiger partial charge in [-0.2, -0.15) is 0 Å². The molecular formula is C27H25F2N3O. The van der Waals surface area contributed by atoms with Crippen molar-refractivity contribution < 1.29 is 13.6 Å². The summed E-state index contributed by atoms with van der Waals surface area (Å²) in [5.74, 6) is -1.18. The average molecular weight is 446 g/mol. The van der Waals surface area contributed by atoms with E-state index < -0.39 is 5.82 Å². The van der Waals surface area contributed by atoms with E-state index in [0.29, 0.717) is 25.2 Å². The Labute approximate surface area is 192 Å². The molecule has 1 atom stereocenters. The SMILES string of the molecule is CNC[C@@H](Cc1ccccc1)NC(=O)c1cccc(F)c1C1=NCC(c2ccc(F)cc2)=C1. The van der Waals surface area contributed by atoms with E-state index in [1.165, 1.54) is 24.3 Å². The monoisotopic (exact) mass is 445 g/mol. The lowest BCUT2D eigenvalue weighted by Crippen LogP contribution is -2.43. The molecule has 1 heterocycles. The first-order valence-corrected chi connectivity index (χ1v) is 10.8. The van der Waals surface area contributed by atoms with Crippen LogP contribution in [0, 0.1) is 11.6 Å². The van der Waals surface area contributed by atoms with Crippen molar-refractivity contribution in [3.05, 3.63) is 113 Å². The van der Waals surface area contributed by atoms with Crippen LogP contribution in [0.2, 0.25) is 0 Å². The lowest BCUT2D eigenvalue weighted by molar-refractivity contribution is 0.0936. The maximum atomic E-state index is 14.9. The Hall–Kier alpha value is -3.64. The molecule has 0 spiro atoms. The van der Waals surface area contributed by atoms with Crippen molar-refractivity contribution in [1.82, 2.24) is 10.6 Å². The molecule has 4 nitrogen and oxygen atoms in total. The topological polar surface area (TPSA) is 53.5 Å². The van der Waals surface area contributed by atoms with Gasteiger partial charge in [-0.25, -0.2) is 8.78 Å². The molecule has 0 aromatic heterocycles. The molecule has 0 fully saturated rings. The van der Waals surface area contributed by atoms with Gasteiger partial charge in [-0.05, 0) is 60.5 Å². The number of aliphatic imine (C=N–C) groups is 1. The van der Waals surface area contributed by atoms with Crippen LogP contribution in [-0.4, -0.2) is 37.8 Å². The first kappa shape index (κ1) is 22.6. The van der Waals surface area contributed by atoms with E-state index in [2.05, 4.69) is 15.6 Å². The molecule has 0 saturated heterocycles. The zero-order chi connectivity index (χ0) is 23.2. The van der Waals surface area contributed by atoms with Crippen molar-refractivity contribution in [1.29, 1.82) is 0 Å². The van der Waals surface area contributed by atoms with Gasteiger partial charge in [0.1, 0.15) is 11.6 Å². The predicted molar refractivity (Wildman–Crippen MR) is 128 cm³/mol. The molecule has 33 heavy (non-hydrogen) atoms. The fourth-order valence-corrected chi connectivity index (χ4v) is 3.97. The van der Waals surface area contributed by atoms with Crippen LogP contribution in [0.3, 0.4) is 0 Å². The van der Waals surface area contributed by atoms with Crippen molar-refractivity contribution in [2.24, 2.45) is 4.99 Å². The summed E-state index contributed by atoms with van der Waals surface area (Å²) in [5, 5.41) is 6.14. The number of amides is 1. The third-order valence-corrected chi connectivity index (χ3v) is 5.57. The van der Waals surface area contributed by atoms with Crippen molar-refractivity contribution in [3.63, 3.8) is 0 Å². The molecule has 4 rings (SSSR count). The Morgan fingerprint density at radius 1 is 1.00 bits per heavy atom. The van der Waals surface area contributed by atoms with E-state index >= 15 is 0 Å². The van der Waals surface area contributed by atoms with E-state index in [-0.39, 0.29) is 28.9 Å². The third kappa shape index (κ3) is 5.41. The van der Waals surface area contributed by atoms with E-state index in [1.54, 1.807) is 24.3 Å². The van der Waals surface area contributed by atoms with Gasteiger partial charge in [0, 0.05) is 18.2 Å². The van der Waals surface area contributed by atoms with Crippen LogP contribution < -0.4 is 10.6 Å². The van der Waals surface area contributed by atoms with Crippen LogP contribution in [0.1, 0.15) is 27.0 Å². The second-order valence-corrected chi connectivity index (χ2v) is 7.96. The number of carbonyl (C=O) groups excluding carboxylic acids is 1. The Morgan fingerprint density at radius 2 is 1.76 bits per heavy atom. The smallest absolute Gasteiger partial charge is 0.252 e. The summed E-state index contributed by atoms with van der Waals surface area (Å²) in [6, 6.07) is 20.3. The average Bonchev–Trinajstić information content (AvgIpc) is 3.30. The molecule has 3 aromatic rings. The first-order chi connectivity index (χ1) is 16.0. The lowest BCUT2D eigenvalue weighted by Gasteiger charge is -2.20. The Balaban J connectivity index is 1.58. The van der Waals surface area contributed by atoms with Gasteiger partial charge in [0.25, 0.3) is 5.91 Å². The molecular weight excluding hydrogens is 420 g/mol. The number of rotatable bonds is 8. The van der Waals surface area contributed by atoms with Gasteiger partial charge in [0.2, 0.25) is 0 Å². The highest BCUT2D eigenvalue weighted by molar-refractivity contribution is 6.19. The summed E-state index contributed by atoms with van der Waals surface area (Å²) in [7, 11) is 1.83. The highest BCUT2D eigenvalue weighted by Gasteiger charge is 2.23. The molecule has 1 amide bonds. The molecule has 0 radical (unpaired) electrons. The van der Waals surface area contributed by atoms with E-state index in [9.17, 15) is 13.6 Å². The number of likely N-dealkylation sites (N-methyl/N-ethyl adjacent to an activating group) is 1. The number of nitrogens with one attached hydrogen (secondary N) is 2. The highest BCUT2D eigenvalue weighted by Crippen LogP contribution is 2.25. The number of nitrogens with zero attached hydrogens (tertiary/aromatic N) is 1. The predicted octanol–water partition coefficient (Wildman–Crippen LogP) is 4.41. The Morgan fingerprint density at radius 3 is 2.48 bits per heavy atom. The minimum Gasteiger partial charge on any atom is -0.348 e. The van der Waals surface area contributed by atoms with E-state index in [1.807, 2.05) is 37.4 Å². The van der Waals surface area contributed by atoms with Crippen LogP contribution in [0.4, 0.5) is 8.78 Å². The molecule has 1 aliphatic rings. The Bertz CT molecular complexity index is 1190. The normalized spacial score (nSPS) is 13.9. The molecule has 0 aliphatic carbocycles. The van der Waals surface area contributed by atoms with Gasteiger partial charge in [-0.3, -0.25) is 9.79 Å². The maximum absolute atomic E-state index is 14.9. The van der Waals surface area contributed by atoms with E-state index in [0.717, 1.165) is 16.7 Å². The largest absolute Gasteiger partial charge is 0.348 e. The van der Waals surface area contributed by atoms with Gasteiger partial charge in [-0.1, -0.05) is 48.5 Å². The molecule has 0 unspecified atom stereocenters. The molecule has 1 aliphatic heterocycles. The zero-order valence-corrected chi connectivity index (χ0v) is 18.3. The minimum atomic E-state index is -0.508. The summed E-state index contributed by atoms with van der Waals surface area (Å²) in [5.41, 5.74) is 3.58. The minimum absolute atomic E-state index is 0.170. The number of carbonyl (C=O) groups is 1. The summed E-state index contributed by atoms with van der Waals surface area (Å²) >= 11 is 0. The lowest BCUT2D eigenvalue weighted by atomic mass is 9.98. The van der Waals surface area contributed by atoms with Gasteiger partial charge in [0.15, 0.2) is 0 Å². The van der Waals surface area contributed by atoms with Crippen molar-refractivity contribution in [3.8, 4) is 0 Å². The summed E-state index contributed by atoms with van der Waals surface area (Å²) in [6.45, 7) is 0.910. The summed E-state index contributed by atoms with van der Waals surface area (Å²) in [6.07, 6.45) is 2.41. The van der Waals surface area contributed by atoms with Crippen molar-refractivity contribution in [2.75, 3.05) is 20.1 Å². The van der Waals surface area contributed by atoms with Crippen LogP contribution in [0.25, 0.3) is 5.57 Å². The second kappa shape index (κ2) is 10.3. The second-order valence-electron chi connectivity index (χ2n) is 7.96. The fourth-order valence-electron chi connectivity index (χ4n) is 3.97. The molecule has 0 bridgehead atoms. The molecule has 3 aromatic carbocycles. The van der Waals surface area contributed by atoms with Gasteiger partial charge in [-0.15, -0.1) is 0 Å². The molecule has 6 heteroatoms. The number of hydrogen-bond acceptors (Lipinski definition) is 3. The van der Waals surface area contributed by atoms with Crippen LogP contribution in [0.15, 0.2) is 83.9 Å².